The summed E-state index contributed by atoms with van der Waals surface area (Å²) in [6.07, 6.45) is 5.17. The highest BCUT2D eigenvalue weighted by Gasteiger charge is 2.21. The maximum absolute atomic E-state index is 6.24. The molecule has 0 amide bonds. The number of nitrogens with zero attached hydrogens (tertiary/aromatic N) is 1. The maximum Gasteiger partial charge on any atom is 0.184 e. The Morgan fingerprint density at radius 1 is 1.20 bits per heavy atom. The van der Waals surface area contributed by atoms with Gasteiger partial charge in [-0.3, -0.25) is 4.99 Å². The van der Waals surface area contributed by atoms with Crippen LogP contribution >= 0.6 is 0 Å². The fraction of sp³-hybridized carbons (Fsp3) is 0.312. The molecule has 106 valence electrons. The standard InChI is InChI=1S/C16H21NO2Si/c1-20(2,3)19-16(15-7-5-4-6-8-15)12-17-11-14-9-10-18-13-14/h4-11,13,16H,12H2,1-3H3. The van der Waals surface area contributed by atoms with E-state index >= 15 is 0 Å². The van der Waals surface area contributed by atoms with E-state index in [4.69, 9.17) is 8.84 Å². The van der Waals surface area contributed by atoms with Crippen LogP contribution in [-0.2, 0) is 4.43 Å². The van der Waals surface area contributed by atoms with E-state index in [1.807, 2.05) is 30.5 Å². The van der Waals surface area contributed by atoms with Crippen LogP contribution in [0.5, 0.6) is 0 Å². The first-order valence-electron chi connectivity index (χ1n) is 6.79. The summed E-state index contributed by atoms with van der Waals surface area (Å²) in [6, 6.07) is 12.2. The van der Waals surface area contributed by atoms with Crippen LogP contribution in [0.1, 0.15) is 17.2 Å². The van der Waals surface area contributed by atoms with Gasteiger partial charge in [-0.1, -0.05) is 30.3 Å². The summed E-state index contributed by atoms with van der Waals surface area (Å²) in [5.41, 5.74) is 2.16. The van der Waals surface area contributed by atoms with Crippen molar-refractivity contribution in [3.63, 3.8) is 0 Å². The molecule has 1 heterocycles. The highest BCUT2D eigenvalue weighted by atomic mass is 28.4. The van der Waals surface area contributed by atoms with Gasteiger partial charge in [0, 0.05) is 11.8 Å². The second-order valence-corrected chi connectivity index (χ2v) is 10.1. The van der Waals surface area contributed by atoms with Crippen LogP contribution in [0, 0.1) is 0 Å². The number of furan rings is 1. The molecule has 1 aromatic carbocycles. The van der Waals surface area contributed by atoms with Crippen molar-refractivity contribution in [1.29, 1.82) is 0 Å². The Balaban J connectivity index is 2.07. The molecule has 0 aliphatic heterocycles. The van der Waals surface area contributed by atoms with Gasteiger partial charge in [0.2, 0.25) is 0 Å². The quantitative estimate of drug-likeness (QED) is 0.586. The molecule has 3 nitrogen and oxygen atoms in total. The zero-order valence-electron chi connectivity index (χ0n) is 12.2. The van der Waals surface area contributed by atoms with Gasteiger partial charge in [-0.25, -0.2) is 0 Å². The molecule has 0 fully saturated rings. The number of benzene rings is 1. The van der Waals surface area contributed by atoms with E-state index in [1.165, 1.54) is 5.56 Å². The van der Waals surface area contributed by atoms with Crippen LogP contribution in [0.4, 0.5) is 0 Å². The Labute approximate surface area is 121 Å². The molecule has 0 radical (unpaired) electrons. The topological polar surface area (TPSA) is 34.7 Å². The van der Waals surface area contributed by atoms with E-state index in [9.17, 15) is 0 Å². The Bertz CT molecular complexity index is 529. The zero-order chi connectivity index (χ0) is 14.4. The molecule has 1 atom stereocenters. The third-order valence-corrected chi connectivity index (χ3v) is 3.71. The van der Waals surface area contributed by atoms with Crippen LogP contribution in [-0.4, -0.2) is 21.1 Å². The van der Waals surface area contributed by atoms with Crippen molar-refractivity contribution in [2.45, 2.75) is 25.7 Å². The Kier molecular flexibility index (Phi) is 4.92. The average molecular weight is 287 g/mol. The van der Waals surface area contributed by atoms with Crippen molar-refractivity contribution in [2.24, 2.45) is 4.99 Å². The van der Waals surface area contributed by atoms with Crippen LogP contribution in [0.15, 0.2) is 58.3 Å². The molecule has 4 heteroatoms. The van der Waals surface area contributed by atoms with Gasteiger partial charge < -0.3 is 8.84 Å². The fourth-order valence-electron chi connectivity index (χ4n) is 1.91. The number of rotatable bonds is 6. The predicted octanol–water partition coefficient (Wildman–Crippen LogP) is 4.29. The van der Waals surface area contributed by atoms with Crippen molar-refractivity contribution in [2.75, 3.05) is 6.54 Å². The van der Waals surface area contributed by atoms with E-state index in [1.54, 1.807) is 12.5 Å². The molecule has 0 spiro atoms. The van der Waals surface area contributed by atoms with E-state index in [0.717, 1.165) is 5.56 Å². The van der Waals surface area contributed by atoms with Gasteiger partial charge in [-0.05, 0) is 31.3 Å². The molecule has 0 aliphatic carbocycles. The molecular formula is C16H21NO2Si. The summed E-state index contributed by atoms with van der Waals surface area (Å²) >= 11 is 0. The highest BCUT2D eigenvalue weighted by Crippen LogP contribution is 2.22. The van der Waals surface area contributed by atoms with Crippen LogP contribution in [0.2, 0.25) is 19.6 Å². The summed E-state index contributed by atoms with van der Waals surface area (Å²) < 4.78 is 11.3. The molecule has 1 unspecified atom stereocenters. The molecule has 0 N–H and O–H groups in total. The Morgan fingerprint density at radius 3 is 2.55 bits per heavy atom. The van der Waals surface area contributed by atoms with E-state index in [-0.39, 0.29) is 6.10 Å². The lowest BCUT2D eigenvalue weighted by molar-refractivity contribution is 0.207. The summed E-state index contributed by atoms with van der Waals surface area (Å²) in [6.45, 7) is 7.22. The second-order valence-electron chi connectivity index (χ2n) is 5.68. The van der Waals surface area contributed by atoms with Crippen molar-refractivity contribution < 1.29 is 8.84 Å². The average Bonchev–Trinajstić information content (AvgIpc) is 2.90. The molecule has 0 saturated heterocycles. The van der Waals surface area contributed by atoms with Gasteiger partial charge in [0.15, 0.2) is 8.32 Å². The van der Waals surface area contributed by atoms with E-state index in [0.29, 0.717) is 6.54 Å². The van der Waals surface area contributed by atoms with Crippen LogP contribution < -0.4 is 0 Å². The van der Waals surface area contributed by atoms with Crippen molar-refractivity contribution >= 4 is 14.5 Å². The molecule has 2 aromatic rings. The van der Waals surface area contributed by atoms with Crippen LogP contribution in [0.25, 0.3) is 0 Å². The maximum atomic E-state index is 6.24. The first-order chi connectivity index (χ1) is 9.54. The lowest BCUT2D eigenvalue weighted by Crippen LogP contribution is -2.29. The molecule has 20 heavy (non-hydrogen) atoms. The van der Waals surface area contributed by atoms with Crippen LogP contribution in [0.3, 0.4) is 0 Å². The molecular weight excluding hydrogens is 266 g/mol. The van der Waals surface area contributed by atoms with E-state index in [2.05, 4.69) is 36.8 Å². The largest absolute Gasteiger partial charge is 0.472 e. The minimum absolute atomic E-state index is 0.0195. The van der Waals surface area contributed by atoms with Gasteiger partial charge in [-0.2, -0.15) is 0 Å². The Hall–Kier alpha value is -1.65. The highest BCUT2D eigenvalue weighted by molar-refractivity contribution is 6.69. The van der Waals surface area contributed by atoms with Gasteiger partial charge in [-0.15, -0.1) is 0 Å². The summed E-state index contributed by atoms with van der Waals surface area (Å²) in [5.74, 6) is 0. The normalized spacial score (nSPS) is 13.8. The predicted molar refractivity (Wildman–Crippen MR) is 84.8 cm³/mol. The smallest absolute Gasteiger partial charge is 0.184 e. The zero-order valence-corrected chi connectivity index (χ0v) is 13.2. The third kappa shape index (κ3) is 4.79. The van der Waals surface area contributed by atoms with Crippen molar-refractivity contribution in [3.8, 4) is 0 Å². The second kappa shape index (κ2) is 6.68. The monoisotopic (exact) mass is 287 g/mol. The molecule has 1 aromatic heterocycles. The molecule has 0 saturated carbocycles. The lowest BCUT2D eigenvalue weighted by atomic mass is 10.1. The molecule has 0 aliphatic rings. The minimum atomic E-state index is -1.61. The number of aliphatic imine (C=N–C) groups is 1. The number of hydrogen-bond acceptors (Lipinski definition) is 3. The van der Waals surface area contributed by atoms with Gasteiger partial charge in [0.05, 0.1) is 25.2 Å². The van der Waals surface area contributed by atoms with Gasteiger partial charge >= 0.3 is 0 Å². The van der Waals surface area contributed by atoms with Gasteiger partial charge in [0.25, 0.3) is 0 Å². The summed E-state index contributed by atoms with van der Waals surface area (Å²) in [5, 5.41) is 0. The molecule has 2 rings (SSSR count). The van der Waals surface area contributed by atoms with Crippen molar-refractivity contribution in [3.05, 3.63) is 60.1 Å². The van der Waals surface area contributed by atoms with Gasteiger partial charge in [0.1, 0.15) is 0 Å². The fourth-order valence-corrected chi connectivity index (χ4v) is 2.97. The summed E-state index contributed by atoms with van der Waals surface area (Å²) in [7, 11) is -1.61. The minimum Gasteiger partial charge on any atom is -0.472 e. The SMILES string of the molecule is C[Si](C)(C)OC(CN=Cc1ccoc1)c1ccccc1. The molecule has 0 bridgehead atoms. The lowest BCUT2D eigenvalue weighted by Gasteiger charge is -2.25. The first kappa shape index (κ1) is 14.7. The Morgan fingerprint density at radius 2 is 1.95 bits per heavy atom. The third-order valence-electron chi connectivity index (χ3n) is 2.72. The number of hydrogen-bond donors (Lipinski definition) is 0. The first-order valence-corrected chi connectivity index (χ1v) is 10.2. The van der Waals surface area contributed by atoms with E-state index < -0.39 is 8.32 Å². The van der Waals surface area contributed by atoms with Crippen molar-refractivity contribution in [1.82, 2.24) is 0 Å². The summed E-state index contributed by atoms with van der Waals surface area (Å²) in [4.78, 5) is 4.49.